The molecule has 3 aliphatic heterocycles. The molecule has 2 aromatic carbocycles. The molecule has 1 saturated carbocycles. The van der Waals surface area contributed by atoms with Crippen LogP contribution >= 0.6 is 0 Å². The van der Waals surface area contributed by atoms with Crippen molar-refractivity contribution in [3.05, 3.63) is 53.6 Å². The van der Waals surface area contributed by atoms with Crippen molar-refractivity contribution in [2.24, 2.45) is 5.92 Å². The highest BCUT2D eigenvalue weighted by Crippen LogP contribution is 2.42. The lowest BCUT2D eigenvalue weighted by molar-refractivity contribution is 0.111. The lowest BCUT2D eigenvalue weighted by Gasteiger charge is -2.37. The highest BCUT2D eigenvalue weighted by Gasteiger charge is 2.40. The molecule has 1 unspecified atom stereocenters. The Bertz CT molecular complexity index is 788. The molecule has 136 valence electrons. The predicted molar refractivity (Wildman–Crippen MR) is 100 cm³/mol. The van der Waals surface area contributed by atoms with Crippen molar-refractivity contribution in [3.8, 4) is 17.2 Å². The lowest BCUT2D eigenvalue weighted by atomic mass is 9.78. The molecule has 2 saturated heterocycles. The van der Waals surface area contributed by atoms with E-state index in [0.29, 0.717) is 24.7 Å². The first-order valence-electron chi connectivity index (χ1n) is 9.62. The summed E-state index contributed by atoms with van der Waals surface area (Å²) in [5, 5.41) is 3.72. The molecule has 0 amide bonds. The van der Waals surface area contributed by atoms with Crippen LogP contribution in [0.2, 0.25) is 0 Å². The third-order valence-corrected chi connectivity index (χ3v) is 6.11. The normalized spacial score (nSPS) is 29.4. The zero-order valence-electron chi connectivity index (χ0n) is 15.1. The van der Waals surface area contributed by atoms with E-state index in [4.69, 9.17) is 14.2 Å². The minimum atomic E-state index is 0.224. The molecule has 0 spiro atoms. The molecular formula is C22H25NO3. The van der Waals surface area contributed by atoms with Gasteiger partial charge in [-0.05, 0) is 49.8 Å². The molecule has 0 aromatic heterocycles. The summed E-state index contributed by atoms with van der Waals surface area (Å²) in [5.41, 5.74) is 2.77. The maximum absolute atomic E-state index is 6.49. The minimum absolute atomic E-state index is 0.224. The van der Waals surface area contributed by atoms with Crippen LogP contribution in [0.4, 0.5) is 0 Å². The SMILES string of the molecule is Cc1ccc(C2C[C@@H]3CC[C@H](Oc4ccc5c(c4)OCO5)[C@H]2CN3)cc1. The van der Waals surface area contributed by atoms with Gasteiger partial charge in [-0.2, -0.15) is 0 Å². The first-order chi connectivity index (χ1) is 12.8. The van der Waals surface area contributed by atoms with Crippen LogP contribution in [0.1, 0.15) is 36.3 Å². The van der Waals surface area contributed by atoms with E-state index in [1.807, 2.05) is 18.2 Å². The van der Waals surface area contributed by atoms with Gasteiger partial charge in [0.1, 0.15) is 11.9 Å². The quantitative estimate of drug-likeness (QED) is 0.906. The van der Waals surface area contributed by atoms with Crippen molar-refractivity contribution in [1.29, 1.82) is 0 Å². The van der Waals surface area contributed by atoms with Gasteiger partial charge in [0.25, 0.3) is 0 Å². The molecule has 4 nitrogen and oxygen atoms in total. The maximum Gasteiger partial charge on any atom is 0.231 e. The molecule has 26 heavy (non-hydrogen) atoms. The minimum Gasteiger partial charge on any atom is -0.490 e. The van der Waals surface area contributed by atoms with Crippen molar-refractivity contribution in [3.63, 3.8) is 0 Å². The summed E-state index contributed by atoms with van der Waals surface area (Å²) in [5.74, 6) is 3.52. The molecule has 4 aliphatic rings. The molecule has 0 radical (unpaired) electrons. The number of fused-ring (bicyclic) bond motifs is 5. The Balaban J connectivity index is 1.40. The first-order valence-corrected chi connectivity index (χ1v) is 9.62. The molecule has 2 aromatic rings. The summed E-state index contributed by atoms with van der Waals surface area (Å²) in [6.45, 7) is 3.47. The summed E-state index contributed by atoms with van der Waals surface area (Å²) < 4.78 is 17.4. The van der Waals surface area contributed by atoms with Gasteiger partial charge in [0.15, 0.2) is 11.5 Å². The van der Waals surface area contributed by atoms with E-state index < -0.39 is 0 Å². The van der Waals surface area contributed by atoms with Crippen LogP contribution in [0.3, 0.4) is 0 Å². The average Bonchev–Trinajstić information content (AvgIpc) is 2.97. The summed E-state index contributed by atoms with van der Waals surface area (Å²) in [7, 11) is 0. The maximum atomic E-state index is 6.49. The number of ether oxygens (including phenoxy) is 3. The zero-order chi connectivity index (χ0) is 17.5. The van der Waals surface area contributed by atoms with Gasteiger partial charge in [0.05, 0.1) is 0 Å². The topological polar surface area (TPSA) is 39.7 Å². The Hall–Kier alpha value is -2.20. The number of piperidine rings is 1. The predicted octanol–water partition coefficient (Wildman–Crippen LogP) is 4.03. The second-order valence-corrected chi connectivity index (χ2v) is 7.77. The number of benzene rings is 2. The Morgan fingerprint density at radius 2 is 1.85 bits per heavy atom. The van der Waals surface area contributed by atoms with Crippen LogP contribution in [0, 0.1) is 12.8 Å². The third-order valence-electron chi connectivity index (χ3n) is 6.11. The molecule has 3 heterocycles. The fourth-order valence-corrected chi connectivity index (χ4v) is 4.67. The summed E-state index contributed by atoms with van der Waals surface area (Å²) in [4.78, 5) is 0. The van der Waals surface area contributed by atoms with Gasteiger partial charge >= 0.3 is 0 Å². The monoisotopic (exact) mass is 351 g/mol. The van der Waals surface area contributed by atoms with E-state index in [9.17, 15) is 0 Å². The summed E-state index contributed by atoms with van der Waals surface area (Å²) in [6, 6.07) is 15.6. The Labute approximate surface area is 154 Å². The second kappa shape index (κ2) is 6.51. The van der Waals surface area contributed by atoms with Crippen molar-refractivity contribution in [2.45, 2.75) is 44.2 Å². The standard InChI is InChI=1S/C22H25NO3/c1-14-2-4-15(5-3-14)18-10-16-6-8-20(19(18)12-23-16)26-17-7-9-21-22(11-17)25-13-24-21/h2-5,7,9,11,16,18-20,23H,6,8,10,12-13H2,1H3/t16-,18?,19-,20-/m0/s1. The van der Waals surface area contributed by atoms with Crippen LogP contribution in [0.5, 0.6) is 17.2 Å². The van der Waals surface area contributed by atoms with Gasteiger partial charge in [-0.3, -0.25) is 0 Å². The molecule has 1 N–H and O–H groups in total. The van der Waals surface area contributed by atoms with Crippen LogP contribution in [0.15, 0.2) is 42.5 Å². The van der Waals surface area contributed by atoms with E-state index in [-0.39, 0.29) is 6.10 Å². The van der Waals surface area contributed by atoms with Crippen LogP contribution < -0.4 is 19.5 Å². The van der Waals surface area contributed by atoms with Crippen LogP contribution in [-0.4, -0.2) is 25.5 Å². The molecule has 2 bridgehead atoms. The Kier molecular flexibility index (Phi) is 4.01. The second-order valence-electron chi connectivity index (χ2n) is 7.77. The van der Waals surface area contributed by atoms with E-state index in [2.05, 4.69) is 36.5 Å². The molecular weight excluding hydrogens is 326 g/mol. The van der Waals surface area contributed by atoms with E-state index in [1.54, 1.807) is 0 Å². The van der Waals surface area contributed by atoms with Crippen LogP contribution in [-0.2, 0) is 0 Å². The van der Waals surface area contributed by atoms with Crippen molar-refractivity contribution in [2.75, 3.05) is 13.3 Å². The summed E-state index contributed by atoms with van der Waals surface area (Å²) >= 11 is 0. The smallest absolute Gasteiger partial charge is 0.231 e. The van der Waals surface area contributed by atoms with Crippen molar-refractivity contribution < 1.29 is 14.2 Å². The Morgan fingerprint density at radius 3 is 2.73 bits per heavy atom. The van der Waals surface area contributed by atoms with Crippen molar-refractivity contribution in [1.82, 2.24) is 5.32 Å². The van der Waals surface area contributed by atoms with Gasteiger partial charge in [-0.1, -0.05) is 29.8 Å². The van der Waals surface area contributed by atoms with E-state index in [0.717, 1.165) is 30.2 Å². The number of aryl methyl sites for hydroxylation is 1. The Morgan fingerprint density at radius 1 is 1.00 bits per heavy atom. The zero-order valence-corrected chi connectivity index (χ0v) is 15.1. The number of hydrogen-bond acceptors (Lipinski definition) is 4. The van der Waals surface area contributed by atoms with Gasteiger partial charge in [0, 0.05) is 24.6 Å². The van der Waals surface area contributed by atoms with Crippen LogP contribution in [0.25, 0.3) is 0 Å². The number of rotatable bonds is 3. The highest BCUT2D eigenvalue weighted by atomic mass is 16.7. The third kappa shape index (κ3) is 2.92. The lowest BCUT2D eigenvalue weighted by Crippen LogP contribution is -2.44. The van der Waals surface area contributed by atoms with Gasteiger partial charge in [-0.25, -0.2) is 0 Å². The largest absolute Gasteiger partial charge is 0.490 e. The highest BCUT2D eigenvalue weighted by molar-refractivity contribution is 5.47. The molecule has 3 fully saturated rings. The fraction of sp³-hybridized carbons (Fsp3) is 0.455. The number of nitrogens with one attached hydrogen (secondary N) is 1. The molecule has 4 atom stereocenters. The van der Waals surface area contributed by atoms with E-state index >= 15 is 0 Å². The molecule has 1 aliphatic carbocycles. The van der Waals surface area contributed by atoms with Gasteiger partial charge in [0.2, 0.25) is 6.79 Å². The average molecular weight is 351 g/mol. The summed E-state index contributed by atoms with van der Waals surface area (Å²) in [6.07, 6.45) is 3.70. The number of hydrogen-bond donors (Lipinski definition) is 1. The molecule has 6 rings (SSSR count). The fourth-order valence-electron chi connectivity index (χ4n) is 4.67. The first kappa shape index (κ1) is 16.0. The molecule has 4 heteroatoms. The van der Waals surface area contributed by atoms with Gasteiger partial charge < -0.3 is 19.5 Å². The van der Waals surface area contributed by atoms with Gasteiger partial charge in [-0.15, -0.1) is 0 Å². The van der Waals surface area contributed by atoms with E-state index in [1.165, 1.54) is 24.0 Å². The van der Waals surface area contributed by atoms with Crippen molar-refractivity contribution >= 4 is 0 Å².